The number of nitrogens with one attached hydrogen (secondary N) is 1. The van der Waals surface area contributed by atoms with Gasteiger partial charge in [0.25, 0.3) is 0 Å². The van der Waals surface area contributed by atoms with Crippen LogP contribution in [-0.4, -0.2) is 24.4 Å². The van der Waals surface area contributed by atoms with Gasteiger partial charge in [-0.05, 0) is 50.0 Å². The second-order valence-electron chi connectivity index (χ2n) is 6.85. The summed E-state index contributed by atoms with van der Waals surface area (Å²) < 4.78 is 5.22. The SMILES string of the molecule is C/C=C(\C)[C@@H]1NC(SCc2ccc(OC)cc2)=N[C@@H]1C1=CC=CCC1.C=CC=C.CC.CC. The quantitative estimate of drug-likeness (QED) is 0.337. The normalized spacial score (nSPS) is 18.5. The second-order valence-corrected chi connectivity index (χ2v) is 7.81. The number of amidine groups is 1. The molecule has 182 valence electrons. The van der Waals surface area contributed by atoms with E-state index >= 15 is 0 Å². The van der Waals surface area contributed by atoms with Crippen molar-refractivity contribution >= 4 is 16.9 Å². The molecule has 0 saturated carbocycles. The van der Waals surface area contributed by atoms with Gasteiger partial charge in [0, 0.05) is 5.75 Å². The zero-order chi connectivity index (χ0) is 25.1. The zero-order valence-electron chi connectivity index (χ0n) is 21.7. The lowest BCUT2D eigenvalue weighted by molar-refractivity contribution is 0.414. The smallest absolute Gasteiger partial charge is 0.158 e. The average Bonchev–Trinajstić information content (AvgIpc) is 3.34. The van der Waals surface area contributed by atoms with E-state index in [1.165, 1.54) is 16.7 Å². The molecule has 0 unspecified atom stereocenters. The molecule has 3 nitrogen and oxygen atoms in total. The Bertz CT molecular complexity index is 797. The topological polar surface area (TPSA) is 33.6 Å². The highest BCUT2D eigenvalue weighted by Gasteiger charge is 2.32. The van der Waals surface area contributed by atoms with Crippen molar-refractivity contribution in [3.05, 3.63) is 90.6 Å². The molecule has 1 aromatic rings. The van der Waals surface area contributed by atoms with Crippen molar-refractivity contribution in [3.63, 3.8) is 0 Å². The molecule has 1 aromatic carbocycles. The number of hydrogen-bond acceptors (Lipinski definition) is 4. The standard InChI is InChI=1S/C21H26N2OS.C4H6.2C2H6/c1-4-15(2)19-20(17-8-6-5-7-9-17)23-21(22-19)25-14-16-10-12-18(24-3)13-11-16;1-3-4-2;2*1-2/h4-6,8,10-13,19-20H,7,9,14H2,1-3H3,(H,22,23);3-4H,1-2H2;2*1-2H3/b15-4+;;;/t19-,20+;;;/m0.../s1. The minimum atomic E-state index is 0.222. The molecule has 0 radical (unpaired) electrons. The summed E-state index contributed by atoms with van der Waals surface area (Å²) >= 11 is 1.78. The first-order chi connectivity index (χ1) is 16.1. The number of nitrogens with zero attached hydrogens (tertiary/aromatic N) is 1. The van der Waals surface area contributed by atoms with Crippen molar-refractivity contribution in [2.24, 2.45) is 4.99 Å². The van der Waals surface area contributed by atoms with Gasteiger partial charge < -0.3 is 10.1 Å². The monoisotopic (exact) mass is 468 g/mol. The average molecular weight is 469 g/mol. The number of thioether (sulfide) groups is 1. The van der Waals surface area contributed by atoms with Crippen LogP contribution >= 0.6 is 11.8 Å². The molecule has 0 bridgehead atoms. The van der Waals surface area contributed by atoms with Crippen LogP contribution in [0.25, 0.3) is 0 Å². The molecule has 1 aliphatic heterocycles. The summed E-state index contributed by atoms with van der Waals surface area (Å²) in [5, 5.41) is 4.68. The van der Waals surface area contributed by atoms with Gasteiger partial charge in [0.2, 0.25) is 0 Å². The second kappa shape index (κ2) is 19.0. The van der Waals surface area contributed by atoms with Crippen LogP contribution in [0, 0.1) is 0 Å². The number of aliphatic imine (C=N–C) groups is 1. The number of rotatable bonds is 6. The molecule has 4 heteroatoms. The summed E-state index contributed by atoms with van der Waals surface area (Å²) in [7, 11) is 1.69. The van der Waals surface area contributed by atoms with Crippen LogP contribution in [0.1, 0.15) is 59.9 Å². The van der Waals surface area contributed by atoms with E-state index in [1.807, 2.05) is 39.8 Å². The lowest BCUT2D eigenvalue weighted by atomic mass is 9.90. The largest absolute Gasteiger partial charge is 0.497 e. The van der Waals surface area contributed by atoms with Gasteiger partial charge in [0.15, 0.2) is 5.17 Å². The van der Waals surface area contributed by atoms with E-state index in [0.717, 1.165) is 29.5 Å². The van der Waals surface area contributed by atoms with Crippen LogP contribution in [0.3, 0.4) is 0 Å². The highest BCUT2D eigenvalue weighted by molar-refractivity contribution is 8.13. The molecular formula is C29H44N2OS. The van der Waals surface area contributed by atoms with Crippen LogP contribution in [-0.2, 0) is 5.75 Å². The van der Waals surface area contributed by atoms with Gasteiger partial charge in [-0.25, -0.2) is 0 Å². The third-order valence-electron chi connectivity index (χ3n) is 4.92. The van der Waals surface area contributed by atoms with Gasteiger partial charge in [0.1, 0.15) is 5.75 Å². The molecule has 2 aliphatic rings. The number of methoxy groups -OCH3 is 1. The summed E-state index contributed by atoms with van der Waals surface area (Å²) in [6.07, 6.45) is 14.3. The first kappa shape index (κ1) is 30.5. The fourth-order valence-corrected chi connectivity index (χ4v) is 4.00. The van der Waals surface area contributed by atoms with E-state index in [-0.39, 0.29) is 12.1 Å². The molecule has 0 spiro atoms. The van der Waals surface area contributed by atoms with Gasteiger partial charge >= 0.3 is 0 Å². The summed E-state index contributed by atoms with van der Waals surface area (Å²) in [5.41, 5.74) is 4.06. The minimum Gasteiger partial charge on any atom is -0.497 e. The Kier molecular flexibility index (Phi) is 17.6. The van der Waals surface area contributed by atoms with Gasteiger partial charge in [-0.3, -0.25) is 4.99 Å². The van der Waals surface area contributed by atoms with E-state index in [9.17, 15) is 0 Å². The maximum absolute atomic E-state index is 5.22. The van der Waals surface area contributed by atoms with Crippen molar-refractivity contribution in [1.82, 2.24) is 5.32 Å². The van der Waals surface area contributed by atoms with E-state index in [0.29, 0.717) is 0 Å². The Morgan fingerprint density at radius 2 is 1.79 bits per heavy atom. The van der Waals surface area contributed by atoms with E-state index < -0.39 is 0 Å². The summed E-state index contributed by atoms with van der Waals surface area (Å²) in [6.45, 7) is 19.0. The molecule has 2 atom stereocenters. The Morgan fingerprint density at radius 3 is 2.27 bits per heavy atom. The maximum atomic E-state index is 5.22. The van der Waals surface area contributed by atoms with Crippen molar-refractivity contribution in [2.75, 3.05) is 7.11 Å². The Labute approximate surface area is 207 Å². The fourth-order valence-electron chi connectivity index (χ4n) is 3.11. The lowest BCUT2D eigenvalue weighted by Gasteiger charge is -2.22. The third-order valence-corrected chi connectivity index (χ3v) is 5.90. The maximum Gasteiger partial charge on any atom is 0.158 e. The van der Waals surface area contributed by atoms with Gasteiger partial charge in [-0.1, -0.05) is 107 Å². The summed E-state index contributed by atoms with van der Waals surface area (Å²) in [6, 6.07) is 8.74. The molecule has 0 aromatic heterocycles. The minimum absolute atomic E-state index is 0.222. The Hall–Kier alpha value is -2.46. The molecular weight excluding hydrogens is 424 g/mol. The van der Waals surface area contributed by atoms with E-state index in [4.69, 9.17) is 9.73 Å². The highest BCUT2D eigenvalue weighted by atomic mass is 32.2. The molecule has 1 N–H and O–H groups in total. The van der Waals surface area contributed by atoms with Gasteiger partial charge in [-0.2, -0.15) is 0 Å². The highest BCUT2D eigenvalue weighted by Crippen LogP contribution is 2.29. The molecule has 0 saturated heterocycles. The molecule has 3 rings (SSSR count). The third kappa shape index (κ3) is 10.8. The van der Waals surface area contributed by atoms with Crippen molar-refractivity contribution in [2.45, 2.75) is 72.2 Å². The first-order valence-electron chi connectivity index (χ1n) is 11.9. The number of benzene rings is 1. The van der Waals surface area contributed by atoms with Crippen LogP contribution in [0.4, 0.5) is 0 Å². The van der Waals surface area contributed by atoms with Crippen molar-refractivity contribution in [1.29, 1.82) is 0 Å². The first-order valence-corrected chi connectivity index (χ1v) is 12.9. The molecule has 1 aliphatic carbocycles. The van der Waals surface area contributed by atoms with E-state index in [1.54, 1.807) is 31.0 Å². The van der Waals surface area contributed by atoms with Crippen LogP contribution in [0.15, 0.2) is 90.0 Å². The van der Waals surface area contributed by atoms with Crippen LogP contribution < -0.4 is 10.1 Å². The molecule has 1 heterocycles. The molecule has 0 fully saturated rings. The summed E-state index contributed by atoms with van der Waals surface area (Å²) in [5.74, 6) is 1.80. The number of ether oxygens (including phenoxy) is 1. The van der Waals surface area contributed by atoms with E-state index in [2.05, 4.69) is 68.8 Å². The van der Waals surface area contributed by atoms with Crippen molar-refractivity contribution < 1.29 is 4.74 Å². The van der Waals surface area contributed by atoms with Gasteiger partial charge in [-0.15, -0.1) is 0 Å². The zero-order valence-corrected chi connectivity index (χ0v) is 22.5. The molecule has 0 amide bonds. The van der Waals surface area contributed by atoms with Crippen LogP contribution in [0.2, 0.25) is 0 Å². The number of allylic oxidation sites excluding steroid dienone is 6. The fraction of sp³-hybridized carbons (Fsp3) is 0.414. The summed E-state index contributed by atoms with van der Waals surface area (Å²) in [4.78, 5) is 5.01. The Balaban J connectivity index is 0.00000113. The predicted molar refractivity (Wildman–Crippen MR) is 151 cm³/mol. The van der Waals surface area contributed by atoms with Gasteiger partial charge in [0.05, 0.1) is 19.2 Å². The van der Waals surface area contributed by atoms with Crippen LogP contribution in [0.5, 0.6) is 5.75 Å². The number of hydrogen-bond donors (Lipinski definition) is 1. The predicted octanol–water partition coefficient (Wildman–Crippen LogP) is 8.28. The van der Waals surface area contributed by atoms with Crippen molar-refractivity contribution in [3.8, 4) is 5.75 Å². The Morgan fingerprint density at radius 1 is 1.15 bits per heavy atom. The molecule has 33 heavy (non-hydrogen) atoms. The lowest BCUT2D eigenvalue weighted by Crippen LogP contribution is -2.36.